The summed E-state index contributed by atoms with van der Waals surface area (Å²) in [5.41, 5.74) is -1.75. The summed E-state index contributed by atoms with van der Waals surface area (Å²) in [6, 6.07) is 3.19. The van der Waals surface area contributed by atoms with Gasteiger partial charge in [0, 0.05) is 11.5 Å². The third-order valence-electron chi connectivity index (χ3n) is 4.05. The zero-order valence-corrected chi connectivity index (χ0v) is 15.4. The third-order valence-corrected chi connectivity index (χ3v) is 4.05. The van der Waals surface area contributed by atoms with Gasteiger partial charge in [-0.1, -0.05) is 0 Å². The van der Waals surface area contributed by atoms with Crippen LogP contribution < -0.4 is 15.7 Å². The number of benzene rings is 1. The SMILES string of the molecule is COC(=O)OC(C)(C)n1nc2c(=O)[nH]c3cc(OC)c(C)cc3c(=O)c2n1. The largest absolute Gasteiger partial charge is 0.510 e. The number of ether oxygens (including phenoxy) is 3. The second-order valence-electron chi connectivity index (χ2n) is 6.34. The molecule has 27 heavy (non-hydrogen) atoms. The lowest BCUT2D eigenvalue weighted by molar-refractivity contribution is -0.0692. The van der Waals surface area contributed by atoms with E-state index in [4.69, 9.17) is 9.47 Å². The maximum Gasteiger partial charge on any atom is 0.510 e. The minimum atomic E-state index is -1.38. The molecule has 2 aromatic heterocycles. The minimum Gasteiger partial charge on any atom is -0.496 e. The van der Waals surface area contributed by atoms with Crippen molar-refractivity contribution in [1.29, 1.82) is 0 Å². The average Bonchev–Trinajstić information content (AvgIpc) is 3.05. The number of fused-ring (bicyclic) bond motifs is 2. The van der Waals surface area contributed by atoms with E-state index >= 15 is 0 Å². The molecule has 0 aliphatic heterocycles. The van der Waals surface area contributed by atoms with Gasteiger partial charge in [0.2, 0.25) is 11.2 Å². The monoisotopic (exact) mass is 374 g/mol. The number of H-pyrrole nitrogens is 1. The summed E-state index contributed by atoms with van der Waals surface area (Å²) in [6.07, 6.45) is -0.948. The van der Waals surface area contributed by atoms with E-state index in [9.17, 15) is 14.4 Å². The van der Waals surface area contributed by atoms with Crippen LogP contribution in [-0.4, -0.2) is 40.4 Å². The summed E-state index contributed by atoms with van der Waals surface area (Å²) in [4.78, 5) is 40.6. The van der Waals surface area contributed by atoms with E-state index in [1.54, 1.807) is 19.1 Å². The van der Waals surface area contributed by atoms with Crippen molar-refractivity contribution in [2.75, 3.05) is 14.2 Å². The third kappa shape index (κ3) is 3.09. The Bertz CT molecular complexity index is 1180. The number of aromatic nitrogens is 4. The number of carbonyl (C=O) groups excluding carboxylic acids is 1. The highest BCUT2D eigenvalue weighted by Crippen LogP contribution is 2.22. The van der Waals surface area contributed by atoms with Crippen molar-refractivity contribution in [3.8, 4) is 5.75 Å². The molecule has 142 valence electrons. The van der Waals surface area contributed by atoms with Crippen LogP contribution in [0.4, 0.5) is 4.79 Å². The number of aryl methyl sites for hydroxylation is 1. The quantitative estimate of drug-likeness (QED) is 0.682. The van der Waals surface area contributed by atoms with Gasteiger partial charge in [0.1, 0.15) is 5.75 Å². The number of hydrogen-bond acceptors (Lipinski definition) is 8. The molecule has 0 radical (unpaired) electrons. The standard InChI is InChI=1S/C17H18N4O6/c1-8-6-9-10(7-11(8)25-4)18-15(23)13-12(14(9)22)19-21(20-13)17(2,3)27-16(24)26-5/h6-7H,1-5H3,(H,18,23). The first-order chi connectivity index (χ1) is 12.7. The fourth-order valence-corrected chi connectivity index (χ4v) is 2.65. The second-order valence-corrected chi connectivity index (χ2v) is 6.34. The molecule has 3 rings (SSSR count). The van der Waals surface area contributed by atoms with Crippen LogP contribution in [0.3, 0.4) is 0 Å². The summed E-state index contributed by atoms with van der Waals surface area (Å²) in [5.74, 6) is 0.534. The molecule has 0 fully saturated rings. The van der Waals surface area contributed by atoms with Crippen LogP contribution in [0.5, 0.6) is 5.75 Å². The lowest BCUT2D eigenvalue weighted by Gasteiger charge is -2.22. The molecule has 0 saturated heterocycles. The van der Waals surface area contributed by atoms with Crippen LogP contribution in [0.1, 0.15) is 19.4 Å². The highest BCUT2D eigenvalue weighted by atomic mass is 16.7. The summed E-state index contributed by atoms with van der Waals surface area (Å²) in [6.45, 7) is 4.77. The summed E-state index contributed by atoms with van der Waals surface area (Å²) in [7, 11) is 2.66. The Labute approximate surface area is 152 Å². The number of carbonyl (C=O) groups is 1. The average molecular weight is 374 g/mol. The molecule has 0 aliphatic carbocycles. The zero-order valence-electron chi connectivity index (χ0n) is 15.4. The molecule has 10 heteroatoms. The van der Waals surface area contributed by atoms with Crippen LogP contribution in [0.2, 0.25) is 0 Å². The highest BCUT2D eigenvalue weighted by molar-refractivity contribution is 5.88. The summed E-state index contributed by atoms with van der Waals surface area (Å²) >= 11 is 0. The van der Waals surface area contributed by atoms with Gasteiger partial charge in [0.15, 0.2) is 11.0 Å². The van der Waals surface area contributed by atoms with Crippen molar-refractivity contribution < 1.29 is 19.0 Å². The van der Waals surface area contributed by atoms with Crippen molar-refractivity contribution in [2.24, 2.45) is 0 Å². The number of methoxy groups -OCH3 is 2. The second kappa shape index (κ2) is 6.38. The van der Waals surface area contributed by atoms with E-state index < -0.39 is 22.9 Å². The molecular weight excluding hydrogens is 356 g/mol. The summed E-state index contributed by atoms with van der Waals surface area (Å²) in [5, 5.41) is 8.42. The van der Waals surface area contributed by atoms with E-state index in [0.29, 0.717) is 11.3 Å². The Kier molecular flexibility index (Phi) is 4.34. The van der Waals surface area contributed by atoms with E-state index in [-0.39, 0.29) is 16.4 Å². The molecule has 0 atom stereocenters. The minimum absolute atomic E-state index is 0.141. The smallest absolute Gasteiger partial charge is 0.496 e. The Morgan fingerprint density at radius 1 is 1.15 bits per heavy atom. The molecule has 0 spiro atoms. The van der Waals surface area contributed by atoms with Crippen LogP contribution in [0.25, 0.3) is 21.9 Å². The van der Waals surface area contributed by atoms with Crippen LogP contribution in [-0.2, 0) is 15.2 Å². The normalized spacial score (nSPS) is 11.6. The van der Waals surface area contributed by atoms with E-state index in [0.717, 1.165) is 17.5 Å². The first kappa shape index (κ1) is 18.4. The number of rotatable bonds is 3. The van der Waals surface area contributed by atoms with E-state index in [2.05, 4.69) is 19.9 Å². The number of hydrogen-bond donors (Lipinski definition) is 1. The van der Waals surface area contributed by atoms with Crippen LogP contribution >= 0.6 is 0 Å². The molecule has 3 aromatic rings. The van der Waals surface area contributed by atoms with Crippen LogP contribution in [0.15, 0.2) is 21.7 Å². The predicted octanol–water partition coefficient (Wildman–Crippen LogP) is 1.43. The van der Waals surface area contributed by atoms with Gasteiger partial charge in [-0.25, -0.2) is 4.79 Å². The predicted molar refractivity (Wildman–Crippen MR) is 96.0 cm³/mol. The number of aromatic amines is 1. The fourth-order valence-electron chi connectivity index (χ4n) is 2.65. The van der Waals surface area contributed by atoms with Gasteiger partial charge in [-0.3, -0.25) is 9.59 Å². The lowest BCUT2D eigenvalue weighted by Crippen LogP contribution is -2.34. The maximum absolute atomic E-state index is 13.0. The van der Waals surface area contributed by atoms with Crippen LogP contribution in [0, 0.1) is 6.92 Å². The molecule has 1 aromatic carbocycles. The fraction of sp³-hybridized carbons (Fsp3) is 0.353. The van der Waals surface area contributed by atoms with Crippen molar-refractivity contribution in [2.45, 2.75) is 26.5 Å². The van der Waals surface area contributed by atoms with Gasteiger partial charge in [-0.2, -0.15) is 0 Å². The van der Waals surface area contributed by atoms with Gasteiger partial charge in [0.05, 0.1) is 19.7 Å². The first-order valence-corrected chi connectivity index (χ1v) is 7.97. The Hall–Kier alpha value is -3.43. The van der Waals surface area contributed by atoms with E-state index in [1.165, 1.54) is 21.0 Å². The number of nitrogens with one attached hydrogen (secondary N) is 1. The first-order valence-electron chi connectivity index (χ1n) is 7.97. The molecule has 2 heterocycles. The molecule has 0 unspecified atom stereocenters. The van der Waals surface area contributed by atoms with Gasteiger partial charge >= 0.3 is 6.16 Å². The Balaban J connectivity index is 2.32. The van der Waals surface area contributed by atoms with Crippen molar-refractivity contribution in [3.05, 3.63) is 38.3 Å². The van der Waals surface area contributed by atoms with Crippen molar-refractivity contribution in [1.82, 2.24) is 20.0 Å². The lowest BCUT2D eigenvalue weighted by atomic mass is 10.1. The van der Waals surface area contributed by atoms with Gasteiger partial charge in [0.25, 0.3) is 5.56 Å². The summed E-state index contributed by atoms with van der Waals surface area (Å²) < 4.78 is 14.8. The number of nitrogens with zero attached hydrogens (tertiary/aromatic N) is 3. The van der Waals surface area contributed by atoms with Gasteiger partial charge < -0.3 is 19.2 Å². The van der Waals surface area contributed by atoms with Crippen molar-refractivity contribution >= 4 is 28.1 Å². The Morgan fingerprint density at radius 3 is 2.44 bits per heavy atom. The Morgan fingerprint density at radius 2 is 1.81 bits per heavy atom. The molecule has 0 aliphatic rings. The van der Waals surface area contributed by atoms with Crippen molar-refractivity contribution in [3.63, 3.8) is 0 Å². The van der Waals surface area contributed by atoms with Gasteiger partial charge in [-0.15, -0.1) is 15.0 Å². The highest BCUT2D eigenvalue weighted by Gasteiger charge is 2.29. The van der Waals surface area contributed by atoms with Gasteiger partial charge in [-0.05, 0) is 32.4 Å². The maximum atomic E-state index is 13.0. The molecule has 0 saturated carbocycles. The van der Waals surface area contributed by atoms with E-state index in [1.807, 2.05) is 0 Å². The topological polar surface area (TPSA) is 125 Å². The molecule has 10 nitrogen and oxygen atoms in total. The zero-order chi connectivity index (χ0) is 19.9. The molecular formula is C17H18N4O6. The molecule has 0 amide bonds. The molecule has 0 bridgehead atoms. The molecule has 1 N–H and O–H groups in total.